The van der Waals surface area contributed by atoms with E-state index in [4.69, 9.17) is 4.74 Å². The van der Waals surface area contributed by atoms with Crippen molar-refractivity contribution in [2.24, 2.45) is 5.92 Å². The Bertz CT molecular complexity index is 352. The van der Waals surface area contributed by atoms with Crippen LogP contribution in [0.3, 0.4) is 0 Å². The second-order valence-electron chi connectivity index (χ2n) is 4.72. The van der Waals surface area contributed by atoms with Crippen molar-refractivity contribution in [3.05, 3.63) is 20.3 Å². The molecule has 0 spiro atoms. The van der Waals surface area contributed by atoms with E-state index in [1.807, 2.05) is 11.3 Å². The lowest BCUT2D eigenvalue weighted by Gasteiger charge is -2.35. The van der Waals surface area contributed by atoms with Gasteiger partial charge in [-0.2, -0.15) is 0 Å². The fourth-order valence-electron chi connectivity index (χ4n) is 2.29. The standard InChI is InChI=1S/C13H18Br2OS/c1-3-16-10-5-9(6-10)7-11(14)12-4-8(2)13(15)17-12/h4,9-11H,3,5-7H2,1-2H3. The van der Waals surface area contributed by atoms with E-state index in [-0.39, 0.29) is 0 Å². The molecule has 17 heavy (non-hydrogen) atoms. The van der Waals surface area contributed by atoms with E-state index in [2.05, 4.69) is 51.8 Å². The van der Waals surface area contributed by atoms with Gasteiger partial charge in [0.15, 0.2) is 0 Å². The van der Waals surface area contributed by atoms with Gasteiger partial charge in [-0.3, -0.25) is 0 Å². The lowest BCUT2D eigenvalue weighted by Crippen LogP contribution is -2.31. The number of hydrogen-bond acceptors (Lipinski definition) is 2. The summed E-state index contributed by atoms with van der Waals surface area (Å²) in [7, 11) is 0. The highest BCUT2D eigenvalue weighted by Crippen LogP contribution is 2.43. The summed E-state index contributed by atoms with van der Waals surface area (Å²) in [5.41, 5.74) is 1.34. The maximum Gasteiger partial charge on any atom is 0.0730 e. The minimum atomic E-state index is 0.505. The van der Waals surface area contributed by atoms with Gasteiger partial charge in [0.25, 0.3) is 0 Å². The van der Waals surface area contributed by atoms with E-state index >= 15 is 0 Å². The first kappa shape index (κ1) is 14.0. The van der Waals surface area contributed by atoms with Crippen molar-refractivity contribution in [2.45, 2.75) is 44.0 Å². The monoisotopic (exact) mass is 380 g/mol. The molecule has 1 fully saturated rings. The van der Waals surface area contributed by atoms with Crippen LogP contribution in [0.2, 0.25) is 0 Å². The second kappa shape index (κ2) is 6.18. The quantitative estimate of drug-likeness (QED) is 0.615. The predicted molar refractivity (Wildman–Crippen MR) is 81.2 cm³/mol. The molecule has 1 atom stereocenters. The number of thiophene rings is 1. The molecule has 1 nitrogen and oxygen atoms in total. The summed E-state index contributed by atoms with van der Waals surface area (Å²) >= 11 is 9.25. The van der Waals surface area contributed by atoms with E-state index in [9.17, 15) is 0 Å². The molecule has 0 amide bonds. The SMILES string of the molecule is CCOC1CC(CC(Br)c2cc(C)c(Br)s2)C1. The summed E-state index contributed by atoms with van der Waals surface area (Å²) < 4.78 is 6.86. The minimum absolute atomic E-state index is 0.505. The Morgan fingerprint density at radius 2 is 2.24 bits per heavy atom. The average Bonchev–Trinajstić information content (AvgIpc) is 2.56. The van der Waals surface area contributed by atoms with Crippen LogP contribution < -0.4 is 0 Å². The molecule has 0 aliphatic heterocycles. The van der Waals surface area contributed by atoms with Crippen molar-refractivity contribution in [2.75, 3.05) is 6.61 Å². The first-order valence-electron chi connectivity index (χ1n) is 6.11. The maximum atomic E-state index is 5.60. The molecule has 0 radical (unpaired) electrons. The number of ether oxygens (including phenoxy) is 1. The van der Waals surface area contributed by atoms with Crippen molar-refractivity contribution in [1.82, 2.24) is 0 Å². The fourth-order valence-corrected chi connectivity index (χ4v) is 4.79. The molecule has 96 valence electrons. The number of alkyl halides is 1. The van der Waals surface area contributed by atoms with Crippen LogP contribution >= 0.6 is 43.2 Å². The van der Waals surface area contributed by atoms with Gasteiger partial charge in [-0.05, 0) is 66.6 Å². The van der Waals surface area contributed by atoms with Crippen molar-refractivity contribution < 1.29 is 4.74 Å². The third-order valence-electron chi connectivity index (χ3n) is 3.32. The zero-order valence-corrected chi connectivity index (χ0v) is 14.2. The molecular formula is C13H18Br2OS. The van der Waals surface area contributed by atoms with Gasteiger partial charge in [0.2, 0.25) is 0 Å². The van der Waals surface area contributed by atoms with Crippen LogP contribution in [0, 0.1) is 12.8 Å². The number of rotatable bonds is 5. The fraction of sp³-hybridized carbons (Fsp3) is 0.692. The highest BCUT2D eigenvalue weighted by atomic mass is 79.9. The van der Waals surface area contributed by atoms with Crippen LogP contribution in [0.5, 0.6) is 0 Å². The molecule has 0 bridgehead atoms. The molecule has 0 N–H and O–H groups in total. The Labute approximate surface area is 124 Å². The number of halogens is 2. The van der Waals surface area contributed by atoms with E-state index < -0.39 is 0 Å². The van der Waals surface area contributed by atoms with E-state index in [1.165, 1.54) is 33.5 Å². The largest absolute Gasteiger partial charge is 0.378 e. The summed E-state index contributed by atoms with van der Waals surface area (Å²) in [4.78, 5) is 1.94. The van der Waals surface area contributed by atoms with Crippen LogP contribution in [0.15, 0.2) is 9.85 Å². The van der Waals surface area contributed by atoms with Crippen LogP contribution in [0.1, 0.15) is 41.5 Å². The van der Waals surface area contributed by atoms with Gasteiger partial charge in [-0.15, -0.1) is 11.3 Å². The smallest absolute Gasteiger partial charge is 0.0730 e. The van der Waals surface area contributed by atoms with Gasteiger partial charge >= 0.3 is 0 Å². The first-order chi connectivity index (χ1) is 8.10. The molecule has 4 heteroatoms. The maximum absolute atomic E-state index is 5.60. The predicted octanol–water partition coefficient (Wildman–Crippen LogP) is 5.46. The van der Waals surface area contributed by atoms with Gasteiger partial charge in [0.05, 0.1) is 9.89 Å². The van der Waals surface area contributed by atoms with Gasteiger partial charge in [0.1, 0.15) is 0 Å². The molecule has 1 aromatic rings. The first-order valence-corrected chi connectivity index (χ1v) is 8.64. The third-order valence-corrected chi connectivity index (χ3v) is 6.74. The van der Waals surface area contributed by atoms with Crippen molar-refractivity contribution in [3.8, 4) is 0 Å². The molecule has 1 unspecified atom stereocenters. The lowest BCUT2D eigenvalue weighted by atomic mass is 9.79. The summed E-state index contributed by atoms with van der Waals surface area (Å²) in [6.45, 7) is 5.08. The topological polar surface area (TPSA) is 9.23 Å². The molecule has 0 aromatic carbocycles. The van der Waals surface area contributed by atoms with Crippen molar-refractivity contribution in [3.63, 3.8) is 0 Å². The minimum Gasteiger partial charge on any atom is -0.378 e. The summed E-state index contributed by atoms with van der Waals surface area (Å²) in [6, 6.07) is 2.28. The highest BCUT2D eigenvalue weighted by Gasteiger charge is 2.31. The molecular weight excluding hydrogens is 364 g/mol. The normalized spacial score (nSPS) is 25.6. The van der Waals surface area contributed by atoms with E-state index in [0.717, 1.165) is 12.5 Å². The second-order valence-corrected chi connectivity index (χ2v) is 8.23. The Kier molecular flexibility index (Phi) is 5.10. The average molecular weight is 382 g/mol. The Morgan fingerprint density at radius 3 is 2.76 bits per heavy atom. The highest BCUT2D eigenvalue weighted by molar-refractivity contribution is 9.11. The molecule has 1 aromatic heterocycles. The molecule has 1 saturated carbocycles. The molecule has 0 saturated heterocycles. The number of aryl methyl sites for hydroxylation is 1. The van der Waals surface area contributed by atoms with E-state index in [1.54, 1.807) is 0 Å². The number of hydrogen-bond donors (Lipinski definition) is 0. The van der Waals surface area contributed by atoms with Gasteiger partial charge < -0.3 is 4.74 Å². The Hall–Kier alpha value is 0.620. The Morgan fingerprint density at radius 1 is 1.53 bits per heavy atom. The third kappa shape index (κ3) is 3.55. The summed E-state index contributed by atoms with van der Waals surface area (Å²) in [6.07, 6.45) is 4.24. The molecule has 1 aliphatic rings. The Balaban J connectivity index is 1.80. The van der Waals surface area contributed by atoms with E-state index in [0.29, 0.717) is 10.9 Å². The van der Waals surface area contributed by atoms with Crippen molar-refractivity contribution in [1.29, 1.82) is 0 Å². The molecule has 1 heterocycles. The zero-order chi connectivity index (χ0) is 12.4. The van der Waals surface area contributed by atoms with Crippen LogP contribution in [0.4, 0.5) is 0 Å². The van der Waals surface area contributed by atoms with Crippen LogP contribution in [-0.2, 0) is 4.74 Å². The van der Waals surface area contributed by atoms with Gasteiger partial charge in [0, 0.05) is 16.3 Å². The van der Waals surface area contributed by atoms with Crippen molar-refractivity contribution >= 4 is 43.2 Å². The molecule has 2 rings (SSSR count). The summed E-state index contributed by atoms with van der Waals surface area (Å²) in [5.74, 6) is 0.831. The van der Waals surface area contributed by atoms with Gasteiger partial charge in [-0.25, -0.2) is 0 Å². The summed E-state index contributed by atoms with van der Waals surface area (Å²) in [5, 5.41) is 0. The molecule has 1 aliphatic carbocycles. The van der Waals surface area contributed by atoms with Gasteiger partial charge in [-0.1, -0.05) is 15.9 Å². The van der Waals surface area contributed by atoms with Crippen LogP contribution in [0.25, 0.3) is 0 Å². The van der Waals surface area contributed by atoms with Crippen LogP contribution in [-0.4, -0.2) is 12.7 Å². The lowest BCUT2D eigenvalue weighted by molar-refractivity contribution is -0.0264. The zero-order valence-electron chi connectivity index (χ0n) is 10.2.